The molecule has 0 bridgehead atoms. The Morgan fingerprint density at radius 1 is 1.03 bits per heavy atom. The number of methoxy groups -OCH3 is 1. The van der Waals surface area contributed by atoms with Gasteiger partial charge in [0.05, 0.1) is 19.2 Å². The largest absolute Gasteiger partial charge is 0.496 e. The molecule has 1 aliphatic carbocycles. The summed E-state index contributed by atoms with van der Waals surface area (Å²) < 4.78 is 11.3. The van der Waals surface area contributed by atoms with Crippen LogP contribution in [0.1, 0.15) is 51.0 Å². The first-order valence-electron chi connectivity index (χ1n) is 13.3. The number of rotatable bonds is 12. The molecule has 1 aliphatic rings. The summed E-state index contributed by atoms with van der Waals surface area (Å²) >= 11 is 0. The van der Waals surface area contributed by atoms with Crippen LogP contribution in [0.25, 0.3) is 10.9 Å². The van der Waals surface area contributed by atoms with Gasteiger partial charge < -0.3 is 25.0 Å². The van der Waals surface area contributed by atoms with Gasteiger partial charge in [0.1, 0.15) is 17.3 Å². The van der Waals surface area contributed by atoms with Gasteiger partial charge in [-0.05, 0) is 69.2 Å². The molecule has 0 aliphatic heterocycles. The Morgan fingerprint density at radius 2 is 1.83 bits per heavy atom. The molecule has 1 aromatic heterocycles. The summed E-state index contributed by atoms with van der Waals surface area (Å²) in [6.07, 6.45) is 6.99. The molecular weight excluding hydrogens is 450 g/mol. The summed E-state index contributed by atoms with van der Waals surface area (Å²) in [6.45, 7) is 4.66. The zero-order valence-corrected chi connectivity index (χ0v) is 22.2. The summed E-state index contributed by atoms with van der Waals surface area (Å²) in [5, 5.41) is 8.31. The van der Waals surface area contributed by atoms with Crippen LogP contribution >= 0.6 is 0 Å². The Bertz CT molecular complexity index is 1110. The minimum Gasteiger partial charge on any atom is -0.496 e. The predicted molar refractivity (Wildman–Crippen MR) is 148 cm³/mol. The molecule has 2 aromatic carbocycles. The third-order valence-corrected chi connectivity index (χ3v) is 6.96. The molecule has 194 valence electrons. The number of para-hydroxylation sites is 1. The molecule has 2 N–H and O–H groups in total. The van der Waals surface area contributed by atoms with E-state index in [2.05, 4.69) is 40.7 Å². The number of hydrogen-bond donors (Lipinski definition) is 2. The molecule has 1 heterocycles. The van der Waals surface area contributed by atoms with Crippen molar-refractivity contribution in [2.75, 3.05) is 44.6 Å². The van der Waals surface area contributed by atoms with E-state index in [4.69, 9.17) is 19.4 Å². The topological polar surface area (TPSA) is 71.5 Å². The average Bonchev–Trinajstić information content (AvgIpc) is 2.90. The summed E-state index contributed by atoms with van der Waals surface area (Å²) in [5.41, 5.74) is 2.15. The van der Waals surface area contributed by atoms with Crippen LogP contribution in [0.2, 0.25) is 0 Å². The molecule has 7 heteroatoms. The molecular formula is C29H41N5O2. The van der Waals surface area contributed by atoms with Gasteiger partial charge in [-0.2, -0.15) is 4.98 Å². The summed E-state index contributed by atoms with van der Waals surface area (Å²) in [7, 11) is 5.79. The Hall–Kier alpha value is -3.06. The number of hydrogen-bond acceptors (Lipinski definition) is 7. The van der Waals surface area contributed by atoms with Gasteiger partial charge in [-0.15, -0.1) is 0 Å². The molecule has 0 saturated heterocycles. The fraction of sp³-hybridized carbons (Fsp3) is 0.517. The Morgan fingerprint density at radius 3 is 2.58 bits per heavy atom. The van der Waals surface area contributed by atoms with Gasteiger partial charge in [-0.3, -0.25) is 0 Å². The number of nitrogens with zero attached hydrogens (tertiary/aromatic N) is 3. The zero-order valence-electron chi connectivity index (χ0n) is 22.2. The van der Waals surface area contributed by atoms with Gasteiger partial charge in [-0.25, -0.2) is 4.98 Å². The lowest BCUT2D eigenvalue weighted by Gasteiger charge is -2.29. The fourth-order valence-corrected chi connectivity index (χ4v) is 4.95. The number of fused-ring (bicyclic) bond motifs is 1. The van der Waals surface area contributed by atoms with E-state index in [0.29, 0.717) is 6.04 Å². The van der Waals surface area contributed by atoms with E-state index in [1.54, 1.807) is 7.11 Å². The van der Waals surface area contributed by atoms with Crippen LogP contribution in [0.4, 0.5) is 11.8 Å². The van der Waals surface area contributed by atoms with Gasteiger partial charge in [0, 0.05) is 43.7 Å². The van der Waals surface area contributed by atoms with Crippen molar-refractivity contribution in [1.29, 1.82) is 0 Å². The Kier molecular flexibility index (Phi) is 9.23. The lowest BCUT2D eigenvalue weighted by Crippen LogP contribution is -2.28. The number of benzene rings is 2. The fourth-order valence-electron chi connectivity index (χ4n) is 4.95. The number of nitrogens with one attached hydrogen (secondary N) is 2. The summed E-state index contributed by atoms with van der Waals surface area (Å²) in [4.78, 5) is 11.6. The smallest absolute Gasteiger partial charge is 0.225 e. The van der Waals surface area contributed by atoms with Crippen molar-refractivity contribution in [3.63, 3.8) is 0 Å². The second kappa shape index (κ2) is 12.8. The van der Waals surface area contributed by atoms with Crippen LogP contribution < -0.4 is 25.0 Å². The summed E-state index contributed by atoms with van der Waals surface area (Å²) in [6, 6.07) is 14.8. The van der Waals surface area contributed by atoms with Crippen LogP contribution in [0.3, 0.4) is 0 Å². The van der Waals surface area contributed by atoms with Crippen LogP contribution in [-0.4, -0.2) is 50.4 Å². The van der Waals surface area contributed by atoms with Gasteiger partial charge in [-0.1, -0.05) is 25.1 Å². The number of aromatic nitrogens is 2. The van der Waals surface area contributed by atoms with E-state index < -0.39 is 0 Å². The van der Waals surface area contributed by atoms with E-state index in [1.807, 2.05) is 38.4 Å². The highest BCUT2D eigenvalue weighted by molar-refractivity contribution is 5.90. The lowest BCUT2D eigenvalue weighted by atomic mass is 9.84. The van der Waals surface area contributed by atoms with Crippen molar-refractivity contribution in [3.05, 3.63) is 48.0 Å². The van der Waals surface area contributed by atoms with E-state index in [9.17, 15) is 0 Å². The zero-order chi connectivity index (χ0) is 25.3. The maximum Gasteiger partial charge on any atom is 0.225 e. The highest BCUT2D eigenvalue weighted by Gasteiger charge is 2.22. The molecule has 0 radical (unpaired) electrons. The third kappa shape index (κ3) is 6.78. The van der Waals surface area contributed by atoms with Gasteiger partial charge in [0.15, 0.2) is 0 Å². The maximum atomic E-state index is 5.72. The van der Waals surface area contributed by atoms with Crippen molar-refractivity contribution < 1.29 is 9.47 Å². The molecule has 3 aromatic rings. The van der Waals surface area contributed by atoms with Crippen LogP contribution in [0, 0.1) is 5.92 Å². The van der Waals surface area contributed by atoms with Gasteiger partial charge in [0.25, 0.3) is 0 Å². The predicted octanol–water partition coefficient (Wildman–Crippen LogP) is 5.64. The quantitative estimate of drug-likeness (QED) is 0.318. The van der Waals surface area contributed by atoms with Crippen molar-refractivity contribution >= 4 is 22.7 Å². The normalized spacial score (nSPS) is 17.7. The van der Waals surface area contributed by atoms with E-state index >= 15 is 0 Å². The van der Waals surface area contributed by atoms with E-state index in [-0.39, 0.29) is 0 Å². The maximum absolute atomic E-state index is 5.72. The monoisotopic (exact) mass is 491 g/mol. The highest BCUT2D eigenvalue weighted by Crippen LogP contribution is 2.30. The van der Waals surface area contributed by atoms with Crippen LogP contribution in [0.15, 0.2) is 42.5 Å². The summed E-state index contributed by atoms with van der Waals surface area (Å²) in [5.74, 6) is 4.22. The molecule has 36 heavy (non-hydrogen) atoms. The lowest BCUT2D eigenvalue weighted by molar-refractivity contribution is 0.313. The first-order valence-corrected chi connectivity index (χ1v) is 13.3. The average molecular weight is 492 g/mol. The second-order valence-electron chi connectivity index (χ2n) is 9.93. The number of ether oxygens (including phenoxy) is 2. The van der Waals surface area contributed by atoms with Crippen molar-refractivity contribution in [2.45, 2.75) is 58.0 Å². The van der Waals surface area contributed by atoms with Crippen LogP contribution in [0.5, 0.6) is 11.5 Å². The SMILES string of the molecule is CCCOc1ccc(CNCCC2CCC(Nc3nc(N(C)C)c4ccccc4n3)CC2)c(OC)c1. The molecule has 0 amide bonds. The molecule has 1 fully saturated rings. The molecule has 4 rings (SSSR count). The van der Waals surface area contributed by atoms with Crippen LogP contribution in [-0.2, 0) is 6.54 Å². The minimum absolute atomic E-state index is 0.433. The van der Waals surface area contributed by atoms with E-state index in [0.717, 1.165) is 79.0 Å². The Labute approximate surface area is 215 Å². The van der Waals surface area contributed by atoms with Crippen molar-refractivity contribution in [3.8, 4) is 11.5 Å². The van der Waals surface area contributed by atoms with Gasteiger partial charge in [0.2, 0.25) is 5.95 Å². The molecule has 0 spiro atoms. The Balaban J connectivity index is 1.22. The van der Waals surface area contributed by atoms with Crippen molar-refractivity contribution in [1.82, 2.24) is 15.3 Å². The second-order valence-corrected chi connectivity index (χ2v) is 9.93. The first-order chi connectivity index (χ1) is 17.6. The minimum atomic E-state index is 0.433. The van der Waals surface area contributed by atoms with Gasteiger partial charge >= 0.3 is 0 Å². The highest BCUT2D eigenvalue weighted by atomic mass is 16.5. The molecule has 0 atom stereocenters. The number of anilines is 2. The standard InChI is InChI=1S/C29H41N5O2/c1-5-18-36-24-15-12-22(27(19-24)35-4)20-30-17-16-21-10-13-23(14-11-21)31-29-32-26-9-7-6-8-25(26)28(33-29)34(2)3/h6-9,12,15,19,21,23,30H,5,10-11,13-14,16-18,20H2,1-4H3,(H,31,32,33). The molecule has 0 unspecified atom stereocenters. The van der Waals surface area contributed by atoms with Crippen molar-refractivity contribution in [2.24, 2.45) is 5.92 Å². The molecule has 1 saturated carbocycles. The van der Waals surface area contributed by atoms with E-state index in [1.165, 1.54) is 24.8 Å². The third-order valence-electron chi connectivity index (χ3n) is 6.96. The molecule has 7 nitrogen and oxygen atoms in total. The first kappa shape index (κ1) is 26.0.